The van der Waals surface area contributed by atoms with E-state index in [2.05, 4.69) is 15.1 Å². The Morgan fingerprint density at radius 1 is 1.00 bits per heavy atom. The molecular formula is C22H22F3N3O2. The van der Waals surface area contributed by atoms with Crippen molar-refractivity contribution in [3.05, 3.63) is 47.5 Å². The Labute approximate surface area is 172 Å². The molecular weight excluding hydrogens is 395 g/mol. The fourth-order valence-electron chi connectivity index (χ4n) is 3.95. The minimum atomic E-state index is -4.53. The zero-order valence-corrected chi connectivity index (χ0v) is 16.9. The number of phenols is 1. The first-order chi connectivity index (χ1) is 14.1. The van der Waals surface area contributed by atoms with Crippen molar-refractivity contribution in [1.29, 1.82) is 0 Å². The number of aromatic hydroxyl groups is 1. The second-order valence-corrected chi connectivity index (χ2v) is 7.81. The molecule has 1 aromatic heterocycles. The maximum atomic E-state index is 13.0. The number of alkyl halides is 3. The van der Waals surface area contributed by atoms with Crippen molar-refractivity contribution in [2.75, 3.05) is 18.0 Å². The van der Waals surface area contributed by atoms with Gasteiger partial charge >= 0.3 is 6.18 Å². The molecule has 1 aliphatic rings. The third-order valence-electron chi connectivity index (χ3n) is 5.22. The van der Waals surface area contributed by atoms with E-state index in [-0.39, 0.29) is 17.8 Å². The minimum absolute atomic E-state index is 0.0367. The fraction of sp³-hybridized carbons (Fsp3) is 0.364. The average Bonchev–Trinajstić information content (AvgIpc) is 2.65. The van der Waals surface area contributed by atoms with Crippen molar-refractivity contribution in [1.82, 2.24) is 10.2 Å². The summed E-state index contributed by atoms with van der Waals surface area (Å²) in [7, 11) is 0. The molecule has 5 nitrogen and oxygen atoms in total. The number of hydrogen-bond acceptors (Lipinski definition) is 5. The van der Waals surface area contributed by atoms with Crippen molar-refractivity contribution in [2.45, 2.75) is 39.2 Å². The minimum Gasteiger partial charge on any atom is -0.507 e. The van der Waals surface area contributed by atoms with Gasteiger partial charge in [0.25, 0.3) is 0 Å². The summed E-state index contributed by atoms with van der Waals surface area (Å²) in [5.74, 6) is 0.213. The standard InChI is InChI=1S/C22H22F3N3O2/c1-12-4-6-16-18(8-12)20(17-7-5-15(9-19(17)29)22(23,24)25)26-27-21(16)28-10-13(2)30-14(3)11-28/h4-9,13-14,29H,10-11H2,1-3H3/t13-,14+. The number of aromatic nitrogens is 2. The van der Waals surface area contributed by atoms with Crippen LogP contribution in [0.5, 0.6) is 5.75 Å². The molecule has 8 heteroatoms. The number of nitrogens with zero attached hydrogens (tertiary/aromatic N) is 3. The van der Waals surface area contributed by atoms with Gasteiger partial charge in [-0.25, -0.2) is 0 Å². The van der Waals surface area contributed by atoms with Gasteiger partial charge in [0.2, 0.25) is 0 Å². The van der Waals surface area contributed by atoms with Gasteiger partial charge in [-0.05, 0) is 45.0 Å². The number of aryl methyl sites for hydroxylation is 1. The van der Waals surface area contributed by atoms with Crippen molar-refractivity contribution in [2.24, 2.45) is 0 Å². The predicted octanol–water partition coefficient (Wildman–Crippen LogP) is 4.94. The summed E-state index contributed by atoms with van der Waals surface area (Å²) in [4.78, 5) is 2.11. The quantitative estimate of drug-likeness (QED) is 0.640. The van der Waals surface area contributed by atoms with Crippen LogP contribution in [0, 0.1) is 6.92 Å². The van der Waals surface area contributed by atoms with Gasteiger partial charge in [0, 0.05) is 29.4 Å². The van der Waals surface area contributed by atoms with E-state index < -0.39 is 17.5 Å². The molecule has 0 saturated carbocycles. The van der Waals surface area contributed by atoms with Gasteiger partial charge in [-0.1, -0.05) is 17.7 Å². The van der Waals surface area contributed by atoms with E-state index in [4.69, 9.17) is 4.74 Å². The van der Waals surface area contributed by atoms with Gasteiger partial charge in [-0.3, -0.25) is 0 Å². The number of hydrogen-bond donors (Lipinski definition) is 1. The van der Waals surface area contributed by atoms with E-state index in [1.54, 1.807) is 0 Å². The number of anilines is 1. The molecule has 0 bridgehead atoms. The zero-order chi connectivity index (χ0) is 21.6. The van der Waals surface area contributed by atoms with Crippen LogP contribution in [-0.4, -0.2) is 40.6 Å². The summed E-state index contributed by atoms with van der Waals surface area (Å²) < 4.78 is 44.7. The summed E-state index contributed by atoms with van der Waals surface area (Å²) in [6.45, 7) is 7.24. The largest absolute Gasteiger partial charge is 0.507 e. The lowest BCUT2D eigenvalue weighted by molar-refractivity contribution is -0.137. The molecule has 0 amide bonds. The highest BCUT2D eigenvalue weighted by molar-refractivity contribution is 6.01. The molecule has 0 spiro atoms. The Kier molecular flexibility index (Phi) is 5.05. The summed E-state index contributed by atoms with van der Waals surface area (Å²) >= 11 is 0. The normalized spacial score (nSPS) is 20.0. The van der Waals surface area contributed by atoms with Crippen molar-refractivity contribution >= 4 is 16.6 Å². The van der Waals surface area contributed by atoms with Crippen LogP contribution in [0.3, 0.4) is 0 Å². The number of fused-ring (bicyclic) bond motifs is 1. The first-order valence-corrected chi connectivity index (χ1v) is 9.71. The molecule has 4 rings (SSSR count). The lowest BCUT2D eigenvalue weighted by atomic mass is 10.00. The lowest BCUT2D eigenvalue weighted by Crippen LogP contribution is -2.46. The van der Waals surface area contributed by atoms with E-state index >= 15 is 0 Å². The summed E-state index contributed by atoms with van der Waals surface area (Å²) in [5, 5.41) is 20.6. The van der Waals surface area contributed by atoms with E-state index in [1.165, 1.54) is 6.07 Å². The number of benzene rings is 2. The topological polar surface area (TPSA) is 58.5 Å². The van der Waals surface area contributed by atoms with Crippen LogP contribution in [0.1, 0.15) is 25.0 Å². The van der Waals surface area contributed by atoms with Crippen molar-refractivity contribution in [3.63, 3.8) is 0 Å². The number of halogens is 3. The molecule has 2 atom stereocenters. The first kappa shape index (κ1) is 20.4. The molecule has 2 heterocycles. The third kappa shape index (κ3) is 3.79. The number of rotatable bonds is 2. The summed E-state index contributed by atoms with van der Waals surface area (Å²) in [5.41, 5.74) is 0.613. The Hall–Kier alpha value is -2.87. The average molecular weight is 417 g/mol. The second kappa shape index (κ2) is 7.43. The zero-order valence-electron chi connectivity index (χ0n) is 16.9. The van der Waals surface area contributed by atoms with E-state index in [1.807, 2.05) is 39.0 Å². The molecule has 1 fully saturated rings. The van der Waals surface area contributed by atoms with Gasteiger partial charge in [-0.15, -0.1) is 10.2 Å². The van der Waals surface area contributed by atoms with Crippen LogP contribution in [-0.2, 0) is 10.9 Å². The van der Waals surface area contributed by atoms with Gasteiger partial charge in [0.15, 0.2) is 5.82 Å². The molecule has 2 aromatic carbocycles. The second-order valence-electron chi connectivity index (χ2n) is 7.81. The van der Waals surface area contributed by atoms with E-state index in [0.29, 0.717) is 24.6 Å². The van der Waals surface area contributed by atoms with E-state index in [0.717, 1.165) is 28.5 Å². The number of ether oxygens (including phenoxy) is 1. The Bertz CT molecular complexity index is 1090. The molecule has 3 aromatic rings. The maximum absolute atomic E-state index is 13.0. The Balaban J connectivity index is 1.86. The molecule has 0 radical (unpaired) electrons. The Morgan fingerprint density at radius 3 is 2.33 bits per heavy atom. The number of morpholine rings is 1. The molecule has 1 aliphatic heterocycles. The first-order valence-electron chi connectivity index (χ1n) is 9.71. The van der Waals surface area contributed by atoms with Crippen LogP contribution in [0.25, 0.3) is 22.0 Å². The van der Waals surface area contributed by atoms with Gasteiger partial charge in [-0.2, -0.15) is 13.2 Å². The molecule has 158 valence electrons. The highest BCUT2D eigenvalue weighted by Gasteiger charge is 2.32. The van der Waals surface area contributed by atoms with Crippen molar-refractivity contribution < 1.29 is 23.0 Å². The van der Waals surface area contributed by atoms with Crippen LogP contribution in [0.4, 0.5) is 19.0 Å². The highest BCUT2D eigenvalue weighted by atomic mass is 19.4. The molecule has 0 aliphatic carbocycles. The smallest absolute Gasteiger partial charge is 0.416 e. The third-order valence-corrected chi connectivity index (χ3v) is 5.22. The molecule has 1 N–H and O–H groups in total. The van der Waals surface area contributed by atoms with Gasteiger partial charge in [0.05, 0.1) is 17.8 Å². The molecule has 0 unspecified atom stereocenters. The van der Waals surface area contributed by atoms with Crippen LogP contribution in [0.15, 0.2) is 36.4 Å². The van der Waals surface area contributed by atoms with Gasteiger partial charge < -0.3 is 14.7 Å². The molecule has 1 saturated heterocycles. The van der Waals surface area contributed by atoms with Crippen LogP contribution < -0.4 is 4.90 Å². The van der Waals surface area contributed by atoms with Crippen LogP contribution in [0.2, 0.25) is 0 Å². The number of phenolic OH excluding ortho intramolecular Hbond substituents is 1. The van der Waals surface area contributed by atoms with Crippen LogP contribution >= 0.6 is 0 Å². The predicted molar refractivity (Wildman–Crippen MR) is 109 cm³/mol. The van der Waals surface area contributed by atoms with E-state index in [9.17, 15) is 18.3 Å². The monoisotopic (exact) mass is 417 g/mol. The SMILES string of the molecule is Cc1ccc2c(N3C[C@@H](C)O[C@@H](C)C3)nnc(-c3ccc(C(F)(F)F)cc3O)c2c1. The Morgan fingerprint density at radius 2 is 1.70 bits per heavy atom. The maximum Gasteiger partial charge on any atom is 0.416 e. The highest BCUT2D eigenvalue weighted by Crippen LogP contribution is 2.39. The molecule has 30 heavy (non-hydrogen) atoms. The fourth-order valence-corrected chi connectivity index (χ4v) is 3.95. The van der Waals surface area contributed by atoms with Gasteiger partial charge in [0.1, 0.15) is 11.4 Å². The lowest BCUT2D eigenvalue weighted by Gasteiger charge is -2.36. The van der Waals surface area contributed by atoms with Crippen molar-refractivity contribution in [3.8, 4) is 17.0 Å². The summed E-state index contributed by atoms with van der Waals surface area (Å²) in [6.07, 6.45) is -4.46. The summed E-state index contributed by atoms with van der Waals surface area (Å²) in [6, 6.07) is 8.70.